The minimum absolute atomic E-state index is 0.0444. The van der Waals surface area contributed by atoms with Gasteiger partial charge in [-0.1, -0.05) is 6.07 Å². The minimum atomic E-state index is -0.902. The number of carbonyl (C=O) groups excluding carboxylic acids is 1. The van der Waals surface area contributed by atoms with Gasteiger partial charge >= 0.3 is 12.0 Å². The number of pyridine rings is 1. The number of amides is 2. The van der Waals surface area contributed by atoms with Crippen LogP contribution in [-0.2, 0) is 4.79 Å². The van der Waals surface area contributed by atoms with E-state index in [0.717, 1.165) is 18.5 Å². The summed E-state index contributed by atoms with van der Waals surface area (Å²) in [5.41, 5.74) is 2.24. The summed E-state index contributed by atoms with van der Waals surface area (Å²) in [4.78, 5) is 28.4. The van der Waals surface area contributed by atoms with Crippen molar-refractivity contribution in [1.82, 2.24) is 15.2 Å². The van der Waals surface area contributed by atoms with E-state index in [2.05, 4.69) is 16.4 Å². The Morgan fingerprint density at radius 1 is 1.38 bits per heavy atom. The largest absolute Gasteiger partial charge is 0.481 e. The molecule has 1 aliphatic rings. The Kier molecular flexibility index (Phi) is 5.14. The smallest absolute Gasteiger partial charge is 0.317 e. The molecule has 0 bridgehead atoms. The molecular weight excluding hydrogens is 270 g/mol. The van der Waals surface area contributed by atoms with Gasteiger partial charge in [0.2, 0.25) is 0 Å². The molecule has 1 aliphatic heterocycles. The van der Waals surface area contributed by atoms with Crippen LogP contribution in [0.5, 0.6) is 0 Å². The van der Waals surface area contributed by atoms with Crippen LogP contribution in [0.3, 0.4) is 0 Å². The zero-order chi connectivity index (χ0) is 15.2. The van der Waals surface area contributed by atoms with Crippen LogP contribution in [0.15, 0.2) is 18.3 Å². The molecule has 0 radical (unpaired) electrons. The maximum absolute atomic E-state index is 11.9. The fourth-order valence-electron chi connectivity index (χ4n) is 2.52. The number of carboxylic acids is 1. The zero-order valence-electron chi connectivity index (χ0n) is 12.2. The fraction of sp³-hybridized carbons (Fsp3) is 0.533. The summed E-state index contributed by atoms with van der Waals surface area (Å²) >= 11 is 0. The second-order valence-electron chi connectivity index (χ2n) is 5.37. The highest BCUT2D eigenvalue weighted by Gasteiger charge is 2.23. The quantitative estimate of drug-likeness (QED) is 0.885. The number of nitrogens with one attached hydrogen (secondary N) is 1. The van der Waals surface area contributed by atoms with E-state index in [-0.39, 0.29) is 19.0 Å². The monoisotopic (exact) mass is 291 g/mol. The maximum atomic E-state index is 11.9. The third kappa shape index (κ3) is 4.44. The van der Waals surface area contributed by atoms with E-state index in [1.54, 1.807) is 4.90 Å². The van der Waals surface area contributed by atoms with E-state index in [1.807, 2.05) is 19.2 Å². The molecule has 2 rings (SSSR count). The second kappa shape index (κ2) is 7.06. The molecule has 0 spiro atoms. The molecule has 2 N–H and O–H groups in total. The van der Waals surface area contributed by atoms with Crippen molar-refractivity contribution < 1.29 is 14.7 Å². The third-order valence-electron chi connectivity index (χ3n) is 3.80. The van der Waals surface area contributed by atoms with Crippen molar-refractivity contribution in [1.29, 1.82) is 0 Å². The predicted octanol–water partition coefficient (Wildman–Crippen LogP) is 1.75. The molecule has 114 valence electrons. The number of carboxylic acid groups (broad SMARTS) is 1. The maximum Gasteiger partial charge on any atom is 0.317 e. The summed E-state index contributed by atoms with van der Waals surface area (Å²) in [7, 11) is 0. The molecule has 0 unspecified atom stereocenters. The number of nitrogens with zero attached hydrogens (tertiary/aromatic N) is 2. The normalized spacial score (nSPS) is 15.8. The number of urea groups is 1. The van der Waals surface area contributed by atoms with Crippen LogP contribution in [0.4, 0.5) is 4.79 Å². The molecule has 0 saturated carbocycles. The first-order chi connectivity index (χ1) is 10.1. The van der Waals surface area contributed by atoms with Crippen molar-refractivity contribution in [3.8, 4) is 0 Å². The van der Waals surface area contributed by atoms with Crippen LogP contribution in [0.25, 0.3) is 0 Å². The zero-order valence-corrected chi connectivity index (χ0v) is 12.2. The Morgan fingerprint density at radius 2 is 2.10 bits per heavy atom. The summed E-state index contributed by atoms with van der Waals surface area (Å²) in [6.07, 6.45) is 3.70. The van der Waals surface area contributed by atoms with Gasteiger partial charge in [-0.05, 0) is 37.3 Å². The van der Waals surface area contributed by atoms with Crippen molar-refractivity contribution in [3.05, 3.63) is 29.6 Å². The van der Waals surface area contributed by atoms with E-state index in [1.165, 1.54) is 5.56 Å². The van der Waals surface area contributed by atoms with E-state index < -0.39 is 5.97 Å². The molecule has 0 aromatic carbocycles. The van der Waals surface area contributed by atoms with Crippen molar-refractivity contribution in [2.45, 2.75) is 32.1 Å². The Labute approximate surface area is 124 Å². The van der Waals surface area contributed by atoms with Gasteiger partial charge in [0.25, 0.3) is 0 Å². The molecule has 2 heterocycles. The Morgan fingerprint density at radius 3 is 2.67 bits per heavy atom. The summed E-state index contributed by atoms with van der Waals surface area (Å²) in [5.74, 6) is -0.456. The third-order valence-corrected chi connectivity index (χ3v) is 3.80. The van der Waals surface area contributed by atoms with Crippen molar-refractivity contribution in [2.24, 2.45) is 0 Å². The number of hydrogen-bond donors (Lipinski definition) is 2. The SMILES string of the molecule is Cc1ccc(C2CCN(C(=O)NCCC(=O)O)CC2)cn1. The van der Waals surface area contributed by atoms with Gasteiger partial charge in [-0.25, -0.2) is 4.79 Å². The van der Waals surface area contributed by atoms with Crippen molar-refractivity contribution in [2.75, 3.05) is 19.6 Å². The molecule has 0 atom stereocenters. The molecule has 1 aromatic rings. The van der Waals surface area contributed by atoms with Gasteiger partial charge in [0.05, 0.1) is 6.42 Å². The van der Waals surface area contributed by atoms with Crippen LogP contribution in [0, 0.1) is 6.92 Å². The van der Waals surface area contributed by atoms with Crippen LogP contribution >= 0.6 is 0 Å². The van der Waals surface area contributed by atoms with E-state index in [0.29, 0.717) is 19.0 Å². The minimum Gasteiger partial charge on any atom is -0.481 e. The van der Waals surface area contributed by atoms with Gasteiger partial charge in [0, 0.05) is 31.5 Å². The number of aliphatic carboxylic acids is 1. The number of carbonyl (C=O) groups is 2. The predicted molar refractivity (Wildman–Crippen MR) is 78.2 cm³/mol. The first-order valence-corrected chi connectivity index (χ1v) is 7.23. The number of rotatable bonds is 4. The summed E-state index contributed by atoms with van der Waals surface area (Å²) in [6.45, 7) is 3.53. The van der Waals surface area contributed by atoms with Gasteiger partial charge in [-0.3, -0.25) is 9.78 Å². The van der Waals surface area contributed by atoms with Gasteiger partial charge in [0.15, 0.2) is 0 Å². The Balaban J connectivity index is 1.78. The van der Waals surface area contributed by atoms with E-state index >= 15 is 0 Å². The highest BCUT2D eigenvalue weighted by molar-refractivity contribution is 5.75. The lowest BCUT2D eigenvalue weighted by atomic mass is 9.90. The molecule has 6 heteroatoms. The van der Waals surface area contributed by atoms with Gasteiger partial charge in [0.1, 0.15) is 0 Å². The lowest BCUT2D eigenvalue weighted by Crippen LogP contribution is -2.44. The molecule has 21 heavy (non-hydrogen) atoms. The first kappa shape index (κ1) is 15.3. The van der Waals surface area contributed by atoms with Crippen LogP contribution < -0.4 is 5.32 Å². The molecule has 2 amide bonds. The van der Waals surface area contributed by atoms with Gasteiger partial charge < -0.3 is 15.3 Å². The van der Waals surface area contributed by atoms with E-state index in [9.17, 15) is 9.59 Å². The summed E-state index contributed by atoms with van der Waals surface area (Å²) < 4.78 is 0. The summed E-state index contributed by atoms with van der Waals surface area (Å²) in [6, 6.07) is 3.95. The lowest BCUT2D eigenvalue weighted by molar-refractivity contribution is -0.136. The molecular formula is C15H21N3O3. The lowest BCUT2D eigenvalue weighted by Gasteiger charge is -2.32. The average Bonchev–Trinajstić information content (AvgIpc) is 2.48. The highest BCUT2D eigenvalue weighted by atomic mass is 16.4. The fourth-order valence-corrected chi connectivity index (χ4v) is 2.52. The Hall–Kier alpha value is -2.11. The topological polar surface area (TPSA) is 82.5 Å². The number of likely N-dealkylation sites (tertiary alicyclic amines) is 1. The number of piperidine rings is 1. The van der Waals surface area contributed by atoms with Crippen molar-refractivity contribution >= 4 is 12.0 Å². The molecule has 6 nitrogen and oxygen atoms in total. The van der Waals surface area contributed by atoms with E-state index in [4.69, 9.17) is 5.11 Å². The molecule has 1 aromatic heterocycles. The number of hydrogen-bond acceptors (Lipinski definition) is 3. The molecule has 1 saturated heterocycles. The molecule has 1 fully saturated rings. The standard InChI is InChI=1S/C15H21N3O3/c1-11-2-3-13(10-17-11)12-5-8-18(9-6-12)15(21)16-7-4-14(19)20/h2-3,10,12H,4-9H2,1H3,(H,16,21)(H,19,20). The molecule has 0 aliphatic carbocycles. The van der Waals surface area contributed by atoms with Gasteiger partial charge in [-0.2, -0.15) is 0 Å². The van der Waals surface area contributed by atoms with Crippen molar-refractivity contribution in [3.63, 3.8) is 0 Å². The van der Waals surface area contributed by atoms with Crippen LogP contribution in [0.2, 0.25) is 0 Å². The van der Waals surface area contributed by atoms with Gasteiger partial charge in [-0.15, -0.1) is 0 Å². The summed E-state index contributed by atoms with van der Waals surface area (Å²) in [5, 5.41) is 11.2. The van der Waals surface area contributed by atoms with Crippen LogP contribution in [-0.4, -0.2) is 46.6 Å². The second-order valence-corrected chi connectivity index (χ2v) is 5.37. The van der Waals surface area contributed by atoms with Crippen LogP contribution in [0.1, 0.15) is 36.4 Å². The highest BCUT2D eigenvalue weighted by Crippen LogP contribution is 2.27. The number of aryl methyl sites for hydroxylation is 1. The Bertz CT molecular complexity index is 493. The number of aromatic nitrogens is 1. The average molecular weight is 291 g/mol. The first-order valence-electron chi connectivity index (χ1n) is 7.23.